The van der Waals surface area contributed by atoms with Gasteiger partial charge in [-0.25, -0.2) is 4.98 Å². The highest BCUT2D eigenvalue weighted by Crippen LogP contribution is 2.32. The Balaban J connectivity index is 2.05. The number of aliphatic hydroxyl groups is 2. The zero-order chi connectivity index (χ0) is 15.5. The predicted octanol–water partition coefficient (Wildman–Crippen LogP) is 1.09. The second kappa shape index (κ2) is 6.72. The molecule has 1 saturated heterocycles. The molecule has 1 aromatic heterocycles. The summed E-state index contributed by atoms with van der Waals surface area (Å²) in [6, 6.07) is 0. The quantitative estimate of drug-likeness (QED) is 0.758. The lowest BCUT2D eigenvalue weighted by molar-refractivity contribution is 0.000800. The molecule has 0 radical (unpaired) electrons. The fraction of sp³-hybridized carbons (Fsp3) is 0.714. The molecule has 118 valence electrons. The number of rotatable bonds is 5. The van der Waals surface area contributed by atoms with Gasteiger partial charge >= 0.3 is 0 Å². The lowest BCUT2D eigenvalue weighted by Gasteiger charge is -2.39. The average molecular weight is 313 g/mol. The molecule has 0 bridgehead atoms. The number of aliphatic hydroxyl groups excluding tert-OH is 2. The van der Waals surface area contributed by atoms with Crippen LogP contribution < -0.4 is 5.32 Å². The third-order valence-corrected chi connectivity index (χ3v) is 5.20. The minimum atomic E-state index is -0.436. The summed E-state index contributed by atoms with van der Waals surface area (Å²) in [6.45, 7) is 5.68. The maximum absolute atomic E-state index is 12.6. The van der Waals surface area contributed by atoms with Crippen LogP contribution in [0.15, 0.2) is 0 Å². The van der Waals surface area contributed by atoms with Gasteiger partial charge in [0, 0.05) is 25.0 Å². The van der Waals surface area contributed by atoms with Crippen molar-refractivity contribution in [3.63, 3.8) is 0 Å². The first-order chi connectivity index (χ1) is 10.0. The van der Waals surface area contributed by atoms with E-state index in [2.05, 4.69) is 10.3 Å². The van der Waals surface area contributed by atoms with Gasteiger partial charge in [0.25, 0.3) is 5.91 Å². The Morgan fingerprint density at radius 1 is 1.38 bits per heavy atom. The molecule has 1 aromatic rings. The second-order valence-electron chi connectivity index (χ2n) is 5.57. The molecule has 1 aliphatic rings. The van der Waals surface area contributed by atoms with Crippen LogP contribution in [-0.4, -0.2) is 58.9 Å². The molecule has 0 aromatic carbocycles. The highest BCUT2D eigenvalue weighted by molar-refractivity contribution is 7.17. The normalized spacial score (nSPS) is 17.8. The van der Waals surface area contributed by atoms with Gasteiger partial charge in [0.15, 0.2) is 5.13 Å². The van der Waals surface area contributed by atoms with E-state index in [9.17, 15) is 15.0 Å². The summed E-state index contributed by atoms with van der Waals surface area (Å²) in [6.07, 6.45) is 1.26. The maximum atomic E-state index is 12.6. The first-order valence-corrected chi connectivity index (χ1v) is 8.09. The number of nitrogens with zero attached hydrogens (tertiary/aromatic N) is 2. The van der Waals surface area contributed by atoms with Crippen LogP contribution in [0, 0.1) is 12.3 Å². The highest BCUT2D eigenvalue weighted by Gasteiger charge is 2.35. The monoisotopic (exact) mass is 313 g/mol. The molecular weight excluding hydrogens is 290 g/mol. The Morgan fingerprint density at radius 2 is 2.00 bits per heavy atom. The molecule has 0 unspecified atom stereocenters. The van der Waals surface area contributed by atoms with Gasteiger partial charge in [-0.1, -0.05) is 11.3 Å². The number of piperidine rings is 1. The first kappa shape index (κ1) is 16.2. The Kier molecular flexibility index (Phi) is 5.18. The molecule has 21 heavy (non-hydrogen) atoms. The molecular formula is C14H23N3O3S. The molecule has 7 heteroatoms. The van der Waals surface area contributed by atoms with Gasteiger partial charge in [-0.3, -0.25) is 4.79 Å². The SMILES string of the molecule is CCNc1nc(C)c(C(=O)N2CCC(CO)(CO)CC2)s1. The maximum Gasteiger partial charge on any atom is 0.265 e. The second-order valence-corrected chi connectivity index (χ2v) is 6.57. The zero-order valence-corrected chi connectivity index (χ0v) is 13.4. The summed E-state index contributed by atoms with van der Waals surface area (Å²) in [5.74, 6) is -0.00127. The van der Waals surface area contributed by atoms with E-state index in [0.29, 0.717) is 30.8 Å². The third-order valence-electron chi connectivity index (χ3n) is 4.10. The van der Waals surface area contributed by atoms with Gasteiger partial charge in [0.1, 0.15) is 4.88 Å². The average Bonchev–Trinajstić information content (AvgIpc) is 2.88. The zero-order valence-electron chi connectivity index (χ0n) is 12.6. The van der Waals surface area contributed by atoms with Crippen LogP contribution in [0.5, 0.6) is 0 Å². The van der Waals surface area contributed by atoms with Crippen LogP contribution >= 0.6 is 11.3 Å². The summed E-state index contributed by atoms with van der Waals surface area (Å²) in [5, 5.41) is 22.7. The van der Waals surface area contributed by atoms with Crippen molar-refractivity contribution in [3.05, 3.63) is 10.6 Å². The van der Waals surface area contributed by atoms with Crippen molar-refractivity contribution >= 4 is 22.4 Å². The smallest absolute Gasteiger partial charge is 0.265 e. The van der Waals surface area contributed by atoms with Gasteiger partial charge < -0.3 is 20.4 Å². The number of nitrogens with one attached hydrogen (secondary N) is 1. The van der Waals surface area contributed by atoms with Gasteiger partial charge in [-0.05, 0) is 26.7 Å². The minimum absolute atomic E-state index is 0.00127. The number of aromatic nitrogens is 1. The van der Waals surface area contributed by atoms with Crippen molar-refractivity contribution in [1.29, 1.82) is 0 Å². The highest BCUT2D eigenvalue weighted by atomic mass is 32.1. The minimum Gasteiger partial charge on any atom is -0.396 e. The van der Waals surface area contributed by atoms with Gasteiger partial charge in [0.05, 0.1) is 18.9 Å². The van der Waals surface area contributed by atoms with Crippen molar-refractivity contribution in [2.75, 3.05) is 38.2 Å². The van der Waals surface area contributed by atoms with E-state index in [1.165, 1.54) is 11.3 Å². The molecule has 2 heterocycles. The fourth-order valence-electron chi connectivity index (χ4n) is 2.52. The van der Waals surface area contributed by atoms with Crippen molar-refractivity contribution in [1.82, 2.24) is 9.88 Å². The molecule has 0 aliphatic carbocycles. The lowest BCUT2D eigenvalue weighted by atomic mass is 9.80. The molecule has 0 atom stereocenters. The largest absolute Gasteiger partial charge is 0.396 e. The van der Waals surface area contributed by atoms with Crippen molar-refractivity contribution < 1.29 is 15.0 Å². The van der Waals surface area contributed by atoms with Crippen molar-refractivity contribution in [2.24, 2.45) is 5.41 Å². The molecule has 1 fully saturated rings. The topological polar surface area (TPSA) is 85.7 Å². The number of aryl methyl sites for hydroxylation is 1. The Labute approximate surface area is 128 Å². The molecule has 2 rings (SSSR count). The fourth-order valence-corrected chi connectivity index (χ4v) is 3.52. The number of anilines is 1. The summed E-state index contributed by atoms with van der Waals surface area (Å²) in [7, 11) is 0. The number of thiazole rings is 1. The first-order valence-electron chi connectivity index (χ1n) is 7.27. The Morgan fingerprint density at radius 3 is 2.52 bits per heavy atom. The number of hydrogen-bond acceptors (Lipinski definition) is 6. The summed E-state index contributed by atoms with van der Waals surface area (Å²) >= 11 is 1.39. The number of hydrogen-bond donors (Lipinski definition) is 3. The van der Waals surface area contributed by atoms with Crippen LogP contribution in [-0.2, 0) is 0 Å². The van der Waals surface area contributed by atoms with E-state index in [1.807, 2.05) is 13.8 Å². The number of carbonyl (C=O) groups excluding carboxylic acids is 1. The van der Waals surface area contributed by atoms with Gasteiger partial charge in [-0.15, -0.1) is 0 Å². The molecule has 0 saturated carbocycles. The van der Waals surface area contributed by atoms with E-state index in [4.69, 9.17) is 0 Å². The molecule has 1 aliphatic heterocycles. The third kappa shape index (κ3) is 3.36. The Bertz CT molecular complexity index is 490. The number of likely N-dealkylation sites (tertiary alicyclic amines) is 1. The van der Waals surface area contributed by atoms with E-state index in [1.54, 1.807) is 4.90 Å². The Hall–Kier alpha value is -1.18. The number of carbonyl (C=O) groups is 1. The predicted molar refractivity (Wildman–Crippen MR) is 82.8 cm³/mol. The van der Waals surface area contributed by atoms with Crippen LogP contribution in [0.3, 0.4) is 0 Å². The molecule has 0 spiro atoms. The van der Waals surface area contributed by atoms with E-state index in [-0.39, 0.29) is 19.1 Å². The molecule has 6 nitrogen and oxygen atoms in total. The van der Waals surface area contributed by atoms with Gasteiger partial charge in [-0.2, -0.15) is 0 Å². The van der Waals surface area contributed by atoms with Crippen molar-refractivity contribution in [3.8, 4) is 0 Å². The molecule has 1 amide bonds. The van der Waals surface area contributed by atoms with Gasteiger partial charge in [0.2, 0.25) is 0 Å². The molecule has 3 N–H and O–H groups in total. The van der Waals surface area contributed by atoms with Crippen molar-refractivity contribution in [2.45, 2.75) is 26.7 Å². The van der Waals surface area contributed by atoms with Crippen LogP contribution in [0.1, 0.15) is 35.1 Å². The summed E-state index contributed by atoms with van der Waals surface area (Å²) in [4.78, 5) is 19.4. The van der Waals surface area contributed by atoms with Crippen LogP contribution in [0.2, 0.25) is 0 Å². The van der Waals surface area contributed by atoms with Crippen LogP contribution in [0.25, 0.3) is 0 Å². The van der Waals surface area contributed by atoms with E-state index in [0.717, 1.165) is 17.4 Å². The lowest BCUT2D eigenvalue weighted by Crippen LogP contribution is -2.46. The number of amides is 1. The standard InChI is InChI=1S/C14H23N3O3S/c1-3-15-13-16-10(2)11(21-13)12(20)17-6-4-14(8-18,9-19)5-7-17/h18-19H,3-9H2,1-2H3,(H,15,16). The summed E-state index contributed by atoms with van der Waals surface area (Å²) < 4.78 is 0. The van der Waals surface area contributed by atoms with E-state index < -0.39 is 5.41 Å². The summed E-state index contributed by atoms with van der Waals surface area (Å²) in [5.41, 5.74) is 0.316. The van der Waals surface area contributed by atoms with Crippen LogP contribution in [0.4, 0.5) is 5.13 Å². The van der Waals surface area contributed by atoms with E-state index >= 15 is 0 Å².